The second-order valence-corrected chi connectivity index (χ2v) is 6.25. The molecule has 20 heavy (non-hydrogen) atoms. The molecule has 0 radical (unpaired) electrons. The minimum Gasteiger partial charge on any atom is -0.444 e. The first kappa shape index (κ1) is 19.2. The summed E-state index contributed by atoms with van der Waals surface area (Å²) in [4.78, 5) is 11.7. The number of nitrogens with one attached hydrogen (secondary N) is 2. The molecule has 2 atom stereocenters. The number of carbonyl (C=O) groups is 1. The highest BCUT2D eigenvalue weighted by molar-refractivity contribution is 5.67. The molecule has 0 aromatic rings. The van der Waals surface area contributed by atoms with Crippen LogP contribution in [0.25, 0.3) is 0 Å². The van der Waals surface area contributed by atoms with Gasteiger partial charge in [0.15, 0.2) is 0 Å². The quantitative estimate of drug-likeness (QED) is 0.685. The van der Waals surface area contributed by atoms with Crippen LogP contribution >= 0.6 is 0 Å². The molecule has 0 aromatic heterocycles. The van der Waals surface area contributed by atoms with Gasteiger partial charge in [0.1, 0.15) is 5.60 Å². The summed E-state index contributed by atoms with van der Waals surface area (Å²) in [5.74, 6) is 0. The molecule has 0 aliphatic heterocycles. The predicted molar refractivity (Wildman–Crippen MR) is 82.0 cm³/mol. The summed E-state index contributed by atoms with van der Waals surface area (Å²) < 4.78 is 10.4. The highest BCUT2D eigenvalue weighted by Gasteiger charge is 2.18. The molecule has 0 heterocycles. The first-order chi connectivity index (χ1) is 9.28. The van der Waals surface area contributed by atoms with Gasteiger partial charge in [-0.15, -0.1) is 0 Å². The van der Waals surface area contributed by atoms with Crippen molar-refractivity contribution in [2.45, 2.75) is 71.6 Å². The Morgan fingerprint density at radius 2 is 1.95 bits per heavy atom. The molecule has 0 saturated heterocycles. The highest BCUT2D eigenvalue weighted by Crippen LogP contribution is 2.07. The van der Waals surface area contributed by atoms with Crippen molar-refractivity contribution < 1.29 is 14.3 Å². The van der Waals surface area contributed by atoms with Crippen LogP contribution in [0.4, 0.5) is 4.79 Å². The molecule has 5 heteroatoms. The molecule has 0 fully saturated rings. The fraction of sp³-hybridized carbons (Fsp3) is 0.933. The molecule has 1 amide bonds. The number of rotatable bonds is 9. The molecule has 0 aliphatic carbocycles. The molecular weight excluding hydrogens is 256 g/mol. The summed E-state index contributed by atoms with van der Waals surface area (Å²) in [5.41, 5.74) is -0.459. The topological polar surface area (TPSA) is 59.6 Å². The summed E-state index contributed by atoms with van der Waals surface area (Å²) in [6, 6.07) is 0.509. The third kappa shape index (κ3) is 11.1. The maximum absolute atomic E-state index is 11.7. The van der Waals surface area contributed by atoms with Gasteiger partial charge < -0.3 is 20.1 Å². The molecule has 0 aromatic carbocycles. The average molecular weight is 288 g/mol. The van der Waals surface area contributed by atoms with Crippen LogP contribution in [0.5, 0.6) is 0 Å². The molecule has 0 aliphatic rings. The predicted octanol–water partition coefficient (Wildman–Crippen LogP) is 2.69. The van der Waals surface area contributed by atoms with Gasteiger partial charge in [-0.3, -0.25) is 0 Å². The molecule has 0 rings (SSSR count). The Hall–Kier alpha value is -0.810. The number of carbonyl (C=O) groups excluding carboxylic acids is 1. The molecule has 0 bridgehead atoms. The molecule has 5 nitrogen and oxygen atoms in total. The molecule has 0 spiro atoms. The van der Waals surface area contributed by atoms with E-state index < -0.39 is 5.60 Å². The minimum absolute atomic E-state index is 0.243. The Morgan fingerprint density at radius 1 is 1.30 bits per heavy atom. The Bertz CT molecular complexity index is 264. The molecular formula is C15H32N2O3. The van der Waals surface area contributed by atoms with Crippen LogP contribution in [0, 0.1) is 0 Å². The smallest absolute Gasteiger partial charge is 0.407 e. The fourth-order valence-electron chi connectivity index (χ4n) is 1.92. The van der Waals surface area contributed by atoms with E-state index in [4.69, 9.17) is 9.47 Å². The number of unbranched alkanes of at least 4 members (excludes halogenated alkanes) is 1. The van der Waals surface area contributed by atoms with Crippen molar-refractivity contribution in [1.29, 1.82) is 0 Å². The second-order valence-electron chi connectivity index (χ2n) is 6.25. The number of ether oxygens (including phenoxy) is 2. The Kier molecular flexibility index (Phi) is 9.59. The van der Waals surface area contributed by atoms with Crippen LogP contribution in [-0.2, 0) is 9.47 Å². The number of amides is 1. The van der Waals surface area contributed by atoms with Gasteiger partial charge in [-0.05, 0) is 34.1 Å². The van der Waals surface area contributed by atoms with E-state index in [1.807, 2.05) is 20.8 Å². The minimum atomic E-state index is -0.459. The van der Waals surface area contributed by atoms with Crippen molar-refractivity contribution in [3.05, 3.63) is 0 Å². The van der Waals surface area contributed by atoms with E-state index in [0.717, 1.165) is 19.3 Å². The van der Waals surface area contributed by atoms with Crippen LogP contribution in [0.2, 0.25) is 0 Å². The van der Waals surface area contributed by atoms with Crippen molar-refractivity contribution >= 4 is 6.09 Å². The highest BCUT2D eigenvalue weighted by atomic mass is 16.6. The number of alkyl carbamates (subject to hydrolysis) is 1. The van der Waals surface area contributed by atoms with Gasteiger partial charge in [-0.1, -0.05) is 19.8 Å². The molecule has 0 saturated carbocycles. The second kappa shape index (κ2) is 10.00. The lowest BCUT2D eigenvalue weighted by atomic mass is 10.1. The SMILES string of the molecule is CCCCC(CNC(=O)OC(C)(C)C)NC(C)COC. The van der Waals surface area contributed by atoms with Crippen molar-refractivity contribution in [3.63, 3.8) is 0 Å². The van der Waals surface area contributed by atoms with Crippen LogP contribution < -0.4 is 10.6 Å². The number of hydrogen-bond acceptors (Lipinski definition) is 4. The largest absolute Gasteiger partial charge is 0.444 e. The maximum atomic E-state index is 11.7. The lowest BCUT2D eigenvalue weighted by Gasteiger charge is -2.25. The molecule has 2 N–H and O–H groups in total. The van der Waals surface area contributed by atoms with Crippen LogP contribution in [0.3, 0.4) is 0 Å². The number of methoxy groups -OCH3 is 1. The van der Waals surface area contributed by atoms with E-state index >= 15 is 0 Å². The Labute approximate surface area is 123 Å². The molecule has 2 unspecified atom stereocenters. The first-order valence-electron chi connectivity index (χ1n) is 7.50. The van der Waals surface area contributed by atoms with Crippen molar-refractivity contribution in [3.8, 4) is 0 Å². The van der Waals surface area contributed by atoms with Gasteiger partial charge in [-0.25, -0.2) is 4.79 Å². The maximum Gasteiger partial charge on any atom is 0.407 e. The summed E-state index contributed by atoms with van der Waals surface area (Å²) in [7, 11) is 1.69. The van der Waals surface area contributed by atoms with Crippen molar-refractivity contribution in [2.24, 2.45) is 0 Å². The van der Waals surface area contributed by atoms with Gasteiger partial charge in [-0.2, -0.15) is 0 Å². The van der Waals surface area contributed by atoms with Crippen LogP contribution in [0.15, 0.2) is 0 Å². The number of hydrogen-bond donors (Lipinski definition) is 2. The zero-order valence-electron chi connectivity index (χ0n) is 13.9. The van der Waals surface area contributed by atoms with Gasteiger partial charge in [0, 0.05) is 25.7 Å². The van der Waals surface area contributed by atoms with E-state index in [2.05, 4.69) is 24.5 Å². The lowest BCUT2D eigenvalue weighted by Crippen LogP contribution is -2.46. The fourth-order valence-corrected chi connectivity index (χ4v) is 1.92. The summed E-state index contributed by atoms with van der Waals surface area (Å²) in [6.45, 7) is 11.1. The zero-order valence-corrected chi connectivity index (χ0v) is 13.9. The third-order valence-electron chi connectivity index (χ3n) is 2.73. The Morgan fingerprint density at radius 3 is 2.45 bits per heavy atom. The standard InChI is InChI=1S/C15H32N2O3/c1-7-8-9-13(17-12(2)11-19-6)10-16-14(18)20-15(3,4)5/h12-13,17H,7-11H2,1-6H3,(H,16,18). The Balaban J connectivity index is 4.17. The first-order valence-corrected chi connectivity index (χ1v) is 7.50. The van der Waals surface area contributed by atoms with E-state index in [1.54, 1.807) is 7.11 Å². The molecule has 120 valence electrons. The van der Waals surface area contributed by atoms with Gasteiger partial charge in [0.2, 0.25) is 0 Å². The summed E-state index contributed by atoms with van der Waals surface area (Å²) in [6.07, 6.45) is 2.94. The van der Waals surface area contributed by atoms with Gasteiger partial charge >= 0.3 is 6.09 Å². The summed E-state index contributed by atoms with van der Waals surface area (Å²) in [5, 5.41) is 6.31. The van der Waals surface area contributed by atoms with E-state index in [1.165, 1.54) is 0 Å². The van der Waals surface area contributed by atoms with Crippen LogP contribution in [0.1, 0.15) is 53.9 Å². The van der Waals surface area contributed by atoms with E-state index in [-0.39, 0.29) is 18.2 Å². The van der Waals surface area contributed by atoms with Crippen LogP contribution in [-0.4, -0.2) is 44.0 Å². The van der Waals surface area contributed by atoms with E-state index in [9.17, 15) is 4.79 Å². The van der Waals surface area contributed by atoms with Crippen molar-refractivity contribution in [1.82, 2.24) is 10.6 Å². The van der Waals surface area contributed by atoms with Crippen molar-refractivity contribution in [2.75, 3.05) is 20.3 Å². The average Bonchev–Trinajstić information content (AvgIpc) is 2.30. The lowest BCUT2D eigenvalue weighted by molar-refractivity contribution is 0.0519. The zero-order chi connectivity index (χ0) is 15.6. The third-order valence-corrected chi connectivity index (χ3v) is 2.73. The normalized spacial score (nSPS) is 14.7. The van der Waals surface area contributed by atoms with Gasteiger partial charge in [0.25, 0.3) is 0 Å². The monoisotopic (exact) mass is 288 g/mol. The van der Waals surface area contributed by atoms with Gasteiger partial charge in [0.05, 0.1) is 6.61 Å². The summed E-state index contributed by atoms with van der Waals surface area (Å²) >= 11 is 0. The van der Waals surface area contributed by atoms with E-state index in [0.29, 0.717) is 13.2 Å².